The molecule has 0 radical (unpaired) electrons. The lowest BCUT2D eigenvalue weighted by molar-refractivity contribution is 0.414. The number of aromatic amines is 1. The van der Waals surface area contributed by atoms with E-state index < -0.39 is 5.82 Å². The number of ether oxygens (including phenoxy) is 1. The molecule has 0 amide bonds. The molecule has 5 aromatic rings. The van der Waals surface area contributed by atoms with E-state index >= 15 is 0 Å². The highest BCUT2D eigenvalue weighted by Gasteiger charge is 2.16. The Morgan fingerprint density at radius 1 is 1.17 bits per heavy atom. The van der Waals surface area contributed by atoms with E-state index in [2.05, 4.69) is 25.3 Å². The van der Waals surface area contributed by atoms with E-state index in [0.29, 0.717) is 28.5 Å². The lowest BCUT2D eigenvalue weighted by Crippen LogP contribution is -1.99. The van der Waals surface area contributed by atoms with Crippen LogP contribution in [0.2, 0.25) is 5.15 Å². The number of rotatable bonds is 4. The number of methoxy groups -OCH3 is 1. The fourth-order valence-electron chi connectivity index (χ4n) is 3.18. The van der Waals surface area contributed by atoms with Crippen LogP contribution in [0.25, 0.3) is 33.3 Å². The topological polar surface area (TPSA) is 81.5 Å². The second kappa shape index (κ2) is 6.82. The molecule has 0 bridgehead atoms. The van der Waals surface area contributed by atoms with Crippen molar-refractivity contribution < 1.29 is 9.13 Å². The molecule has 29 heavy (non-hydrogen) atoms. The molecular weight excluding hydrogens is 395 g/mol. The zero-order valence-electron chi connectivity index (χ0n) is 15.2. The molecule has 5 rings (SSSR count). The molecule has 0 aliphatic heterocycles. The van der Waals surface area contributed by atoms with Crippen LogP contribution in [0.5, 0.6) is 5.75 Å². The summed E-state index contributed by atoms with van der Waals surface area (Å²) in [4.78, 5) is 8.73. The molecular formula is C20H14ClFN6O. The molecule has 144 valence electrons. The highest BCUT2D eigenvalue weighted by Crippen LogP contribution is 2.28. The Bertz CT molecular complexity index is 1340. The van der Waals surface area contributed by atoms with Gasteiger partial charge in [0.15, 0.2) is 11.0 Å². The fourth-order valence-corrected chi connectivity index (χ4v) is 3.39. The van der Waals surface area contributed by atoms with Crippen molar-refractivity contribution in [1.82, 2.24) is 29.9 Å². The van der Waals surface area contributed by atoms with Crippen molar-refractivity contribution in [1.29, 1.82) is 0 Å². The van der Waals surface area contributed by atoms with Crippen molar-refractivity contribution in [2.75, 3.05) is 7.11 Å². The number of nitrogens with one attached hydrogen (secondary N) is 1. The number of hydrogen-bond donors (Lipinski definition) is 1. The van der Waals surface area contributed by atoms with E-state index in [4.69, 9.17) is 16.3 Å². The minimum absolute atomic E-state index is 0.169. The van der Waals surface area contributed by atoms with Crippen LogP contribution in [0.3, 0.4) is 0 Å². The molecule has 0 aliphatic carbocycles. The number of fused-ring (bicyclic) bond motifs is 2. The largest absolute Gasteiger partial charge is 0.497 e. The third-order valence-electron chi connectivity index (χ3n) is 4.64. The minimum Gasteiger partial charge on any atom is -0.497 e. The van der Waals surface area contributed by atoms with Crippen molar-refractivity contribution in [3.8, 4) is 17.1 Å². The van der Waals surface area contributed by atoms with E-state index in [1.807, 2.05) is 24.3 Å². The van der Waals surface area contributed by atoms with E-state index in [9.17, 15) is 4.39 Å². The van der Waals surface area contributed by atoms with Crippen molar-refractivity contribution in [3.05, 3.63) is 65.3 Å². The first kappa shape index (κ1) is 17.6. The second-order valence-corrected chi connectivity index (χ2v) is 6.89. The van der Waals surface area contributed by atoms with Gasteiger partial charge in [0.1, 0.15) is 22.6 Å². The van der Waals surface area contributed by atoms with Gasteiger partial charge >= 0.3 is 0 Å². The molecule has 9 heteroatoms. The van der Waals surface area contributed by atoms with Gasteiger partial charge in [-0.2, -0.15) is 10.2 Å². The molecule has 7 nitrogen and oxygen atoms in total. The standard InChI is InChI=1S/C20H14ClFN6O/c1-29-13-4-2-11(3-5-13)9-28-10-17-18(27-28)19(21)25-20(24-17)14-7-16-12(6-15(14)22)8-23-26-16/h2-8,10H,9H2,1H3,(H,23,26). The summed E-state index contributed by atoms with van der Waals surface area (Å²) in [6.07, 6.45) is 3.33. The zero-order chi connectivity index (χ0) is 20.0. The maximum atomic E-state index is 14.6. The van der Waals surface area contributed by atoms with Crippen molar-refractivity contribution >= 4 is 33.5 Å². The first-order valence-electron chi connectivity index (χ1n) is 8.77. The van der Waals surface area contributed by atoms with E-state index in [-0.39, 0.29) is 16.5 Å². The fraction of sp³-hybridized carbons (Fsp3) is 0.100. The van der Waals surface area contributed by atoms with E-state index in [1.54, 1.807) is 30.3 Å². The maximum Gasteiger partial charge on any atom is 0.164 e. The van der Waals surface area contributed by atoms with Gasteiger partial charge in [-0.3, -0.25) is 9.78 Å². The summed E-state index contributed by atoms with van der Waals surface area (Å²) < 4.78 is 21.5. The third kappa shape index (κ3) is 3.17. The smallest absolute Gasteiger partial charge is 0.164 e. The number of nitrogens with zero attached hydrogens (tertiary/aromatic N) is 5. The highest BCUT2D eigenvalue weighted by molar-refractivity contribution is 6.33. The van der Waals surface area contributed by atoms with Gasteiger partial charge in [-0.1, -0.05) is 23.7 Å². The van der Waals surface area contributed by atoms with Crippen LogP contribution >= 0.6 is 11.6 Å². The van der Waals surface area contributed by atoms with Crippen molar-refractivity contribution in [2.24, 2.45) is 0 Å². The Hall–Kier alpha value is -3.52. The van der Waals surface area contributed by atoms with Gasteiger partial charge in [-0.15, -0.1) is 0 Å². The average molecular weight is 409 g/mol. The highest BCUT2D eigenvalue weighted by atomic mass is 35.5. The second-order valence-electron chi connectivity index (χ2n) is 6.54. The summed E-state index contributed by atoms with van der Waals surface area (Å²) in [6, 6.07) is 10.7. The van der Waals surface area contributed by atoms with Gasteiger partial charge in [-0.05, 0) is 29.8 Å². The molecule has 0 atom stereocenters. The van der Waals surface area contributed by atoms with Crippen LogP contribution in [0.4, 0.5) is 4.39 Å². The maximum absolute atomic E-state index is 14.6. The first-order chi connectivity index (χ1) is 14.1. The van der Waals surface area contributed by atoms with Crippen LogP contribution in [0.1, 0.15) is 5.56 Å². The lowest BCUT2D eigenvalue weighted by Gasteiger charge is -2.03. The Kier molecular flexibility index (Phi) is 4.13. The summed E-state index contributed by atoms with van der Waals surface area (Å²) in [7, 11) is 1.63. The number of benzene rings is 2. The summed E-state index contributed by atoms with van der Waals surface area (Å²) in [5.41, 5.74) is 2.98. The van der Waals surface area contributed by atoms with E-state index in [0.717, 1.165) is 11.3 Å². The van der Waals surface area contributed by atoms with Gasteiger partial charge in [0.25, 0.3) is 0 Å². The van der Waals surface area contributed by atoms with Crippen LogP contribution in [0.15, 0.2) is 48.8 Å². The molecule has 0 aliphatic rings. The van der Waals surface area contributed by atoms with Gasteiger partial charge in [0.2, 0.25) is 0 Å². The molecule has 0 unspecified atom stereocenters. The van der Waals surface area contributed by atoms with Crippen LogP contribution < -0.4 is 4.74 Å². The summed E-state index contributed by atoms with van der Waals surface area (Å²) in [5.74, 6) is 0.537. The number of halogens is 2. The summed E-state index contributed by atoms with van der Waals surface area (Å²) >= 11 is 6.33. The molecule has 0 fully saturated rings. The molecule has 1 N–H and O–H groups in total. The Labute approximate surface area is 169 Å². The molecule has 3 aromatic heterocycles. The summed E-state index contributed by atoms with van der Waals surface area (Å²) in [5, 5.41) is 12.0. The zero-order valence-corrected chi connectivity index (χ0v) is 16.0. The van der Waals surface area contributed by atoms with Gasteiger partial charge in [0, 0.05) is 5.39 Å². The number of H-pyrrole nitrogens is 1. The van der Waals surface area contributed by atoms with Gasteiger partial charge in [0.05, 0.1) is 37.1 Å². The summed E-state index contributed by atoms with van der Waals surface area (Å²) in [6.45, 7) is 0.528. The molecule has 3 heterocycles. The first-order valence-corrected chi connectivity index (χ1v) is 9.15. The molecule has 0 spiro atoms. The average Bonchev–Trinajstić information content (AvgIpc) is 3.34. The quantitative estimate of drug-likeness (QED) is 0.450. The predicted octanol–water partition coefficient (Wildman–Crippen LogP) is 4.22. The lowest BCUT2D eigenvalue weighted by atomic mass is 10.1. The third-order valence-corrected chi connectivity index (χ3v) is 4.90. The molecule has 0 saturated carbocycles. The molecule has 2 aromatic carbocycles. The predicted molar refractivity (Wildman–Crippen MR) is 107 cm³/mol. The normalized spacial score (nSPS) is 11.4. The van der Waals surface area contributed by atoms with Crippen LogP contribution in [-0.2, 0) is 6.54 Å². The van der Waals surface area contributed by atoms with Crippen molar-refractivity contribution in [2.45, 2.75) is 6.54 Å². The number of hydrogen-bond acceptors (Lipinski definition) is 5. The Balaban J connectivity index is 1.54. The monoisotopic (exact) mass is 408 g/mol. The Morgan fingerprint density at radius 2 is 2.00 bits per heavy atom. The molecule has 0 saturated heterocycles. The van der Waals surface area contributed by atoms with Gasteiger partial charge in [-0.25, -0.2) is 14.4 Å². The van der Waals surface area contributed by atoms with Crippen LogP contribution in [-0.4, -0.2) is 37.1 Å². The SMILES string of the molecule is COc1ccc(Cn2cc3nc(-c4cc5[nH]ncc5cc4F)nc(Cl)c3n2)cc1. The van der Waals surface area contributed by atoms with Gasteiger partial charge < -0.3 is 4.74 Å². The van der Waals surface area contributed by atoms with Crippen molar-refractivity contribution in [3.63, 3.8) is 0 Å². The van der Waals surface area contributed by atoms with E-state index in [1.165, 1.54) is 6.07 Å². The Morgan fingerprint density at radius 3 is 2.79 bits per heavy atom. The van der Waals surface area contributed by atoms with Crippen LogP contribution in [0, 0.1) is 5.82 Å². The number of aromatic nitrogens is 6. The minimum atomic E-state index is -0.444.